The van der Waals surface area contributed by atoms with E-state index in [0.29, 0.717) is 15.7 Å². The molecule has 0 fully saturated rings. The molecule has 2 nitrogen and oxygen atoms in total. The number of nitrogen functional groups attached to an aromatic ring is 1. The third kappa shape index (κ3) is 2.49. The number of hydrogen-bond acceptors (Lipinski definition) is 2. The van der Waals surface area contributed by atoms with Crippen molar-refractivity contribution in [3.05, 3.63) is 52.0 Å². The number of hydrogen-bond donors (Lipinski definition) is 2. The van der Waals surface area contributed by atoms with Gasteiger partial charge >= 0.3 is 0 Å². The molecule has 0 aliphatic heterocycles. The van der Waals surface area contributed by atoms with Crippen molar-refractivity contribution in [2.45, 2.75) is 0 Å². The standard InChI is InChI=1S/C12H8Cl2F2N2/c13-6-1-2-7(14)10(5-6)18-12-9(17)4-3-8(15)11(12)16/h1-5,18H,17H2. The maximum absolute atomic E-state index is 13.6. The summed E-state index contributed by atoms with van der Waals surface area (Å²) in [6.07, 6.45) is 0. The molecule has 2 aromatic rings. The first-order valence-corrected chi connectivity index (χ1v) is 5.70. The second-order valence-corrected chi connectivity index (χ2v) is 4.42. The second-order valence-electron chi connectivity index (χ2n) is 3.57. The van der Waals surface area contributed by atoms with Gasteiger partial charge in [0.25, 0.3) is 0 Å². The Morgan fingerprint density at radius 1 is 1.06 bits per heavy atom. The largest absolute Gasteiger partial charge is 0.397 e. The van der Waals surface area contributed by atoms with Gasteiger partial charge < -0.3 is 11.1 Å². The first kappa shape index (κ1) is 12.9. The molecule has 0 unspecified atom stereocenters. The first-order valence-electron chi connectivity index (χ1n) is 4.94. The minimum Gasteiger partial charge on any atom is -0.397 e. The molecule has 94 valence electrons. The minimum absolute atomic E-state index is 0.0740. The normalized spacial score (nSPS) is 10.4. The molecular formula is C12H8Cl2F2N2. The van der Waals surface area contributed by atoms with Gasteiger partial charge in [0.15, 0.2) is 11.6 Å². The Kier molecular flexibility index (Phi) is 3.59. The van der Waals surface area contributed by atoms with Crippen molar-refractivity contribution in [2.24, 2.45) is 0 Å². The third-order valence-corrected chi connectivity index (χ3v) is 2.88. The van der Waals surface area contributed by atoms with Gasteiger partial charge in [-0.05, 0) is 30.3 Å². The molecule has 0 saturated heterocycles. The van der Waals surface area contributed by atoms with Crippen LogP contribution in [0.2, 0.25) is 10.0 Å². The van der Waals surface area contributed by atoms with E-state index in [1.54, 1.807) is 12.1 Å². The van der Waals surface area contributed by atoms with Crippen molar-refractivity contribution in [2.75, 3.05) is 11.1 Å². The van der Waals surface area contributed by atoms with Crippen LogP contribution in [0.15, 0.2) is 30.3 Å². The highest BCUT2D eigenvalue weighted by molar-refractivity contribution is 6.35. The number of nitrogens with one attached hydrogen (secondary N) is 1. The van der Waals surface area contributed by atoms with E-state index in [2.05, 4.69) is 5.32 Å². The van der Waals surface area contributed by atoms with Crippen LogP contribution in [0, 0.1) is 11.6 Å². The molecule has 2 aromatic carbocycles. The SMILES string of the molecule is Nc1ccc(F)c(F)c1Nc1cc(Cl)ccc1Cl. The number of anilines is 3. The molecule has 0 aromatic heterocycles. The van der Waals surface area contributed by atoms with Gasteiger partial charge in [-0.1, -0.05) is 23.2 Å². The van der Waals surface area contributed by atoms with Crippen LogP contribution < -0.4 is 11.1 Å². The van der Waals surface area contributed by atoms with E-state index in [9.17, 15) is 8.78 Å². The second kappa shape index (κ2) is 5.00. The van der Waals surface area contributed by atoms with Crippen molar-refractivity contribution in [1.82, 2.24) is 0 Å². The number of rotatable bonds is 2. The molecule has 0 radical (unpaired) electrons. The topological polar surface area (TPSA) is 38.0 Å². The molecule has 0 aliphatic carbocycles. The highest BCUT2D eigenvalue weighted by atomic mass is 35.5. The minimum atomic E-state index is -1.06. The molecule has 3 N–H and O–H groups in total. The van der Waals surface area contributed by atoms with Gasteiger partial charge in [-0.3, -0.25) is 0 Å². The van der Waals surface area contributed by atoms with E-state index >= 15 is 0 Å². The van der Waals surface area contributed by atoms with E-state index in [1.807, 2.05) is 0 Å². The molecule has 0 bridgehead atoms. The summed E-state index contributed by atoms with van der Waals surface area (Å²) in [5.74, 6) is -2.06. The summed E-state index contributed by atoms with van der Waals surface area (Å²) in [5, 5.41) is 3.37. The maximum Gasteiger partial charge on any atom is 0.184 e. The lowest BCUT2D eigenvalue weighted by Crippen LogP contribution is -2.01. The van der Waals surface area contributed by atoms with E-state index in [-0.39, 0.29) is 11.4 Å². The number of halogens is 4. The van der Waals surface area contributed by atoms with Gasteiger partial charge in [-0.25, -0.2) is 8.78 Å². The van der Waals surface area contributed by atoms with Gasteiger partial charge in [-0.15, -0.1) is 0 Å². The number of nitrogens with two attached hydrogens (primary N) is 1. The molecule has 0 amide bonds. The predicted octanol–water partition coefficient (Wildman–Crippen LogP) is 4.60. The van der Waals surface area contributed by atoms with Gasteiger partial charge in [0.2, 0.25) is 0 Å². The summed E-state index contributed by atoms with van der Waals surface area (Å²) in [6, 6.07) is 6.84. The fraction of sp³-hybridized carbons (Fsp3) is 0. The maximum atomic E-state index is 13.6. The zero-order valence-electron chi connectivity index (χ0n) is 8.98. The summed E-state index contributed by atoms with van der Waals surface area (Å²) >= 11 is 11.7. The lowest BCUT2D eigenvalue weighted by atomic mass is 10.2. The highest BCUT2D eigenvalue weighted by Gasteiger charge is 2.13. The zero-order valence-corrected chi connectivity index (χ0v) is 10.5. The van der Waals surface area contributed by atoms with E-state index in [1.165, 1.54) is 12.1 Å². The van der Waals surface area contributed by atoms with Crippen LogP contribution in [-0.2, 0) is 0 Å². The van der Waals surface area contributed by atoms with Crippen LogP contribution in [-0.4, -0.2) is 0 Å². The Balaban J connectivity index is 2.46. The molecule has 6 heteroatoms. The van der Waals surface area contributed by atoms with Gasteiger partial charge in [0, 0.05) is 5.02 Å². The molecular weight excluding hydrogens is 281 g/mol. The molecule has 2 rings (SSSR count). The highest BCUT2D eigenvalue weighted by Crippen LogP contribution is 2.32. The molecule has 0 heterocycles. The Hall–Kier alpha value is -1.52. The summed E-state index contributed by atoms with van der Waals surface area (Å²) in [6.45, 7) is 0. The molecule has 0 aliphatic rings. The average molecular weight is 289 g/mol. The zero-order chi connectivity index (χ0) is 13.3. The summed E-state index contributed by atoms with van der Waals surface area (Å²) in [7, 11) is 0. The van der Waals surface area contributed by atoms with Crippen LogP contribution >= 0.6 is 23.2 Å². The summed E-state index contributed by atoms with van der Waals surface area (Å²) in [4.78, 5) is 0. The van der Waals surface area contributed by atoms with Gasteiger partial charge in [-0.2, -0.15) is 0 Å². The Morgan fingerprint density at radius 3 is 2.50 bits per heavy atom. The van der Waals surface area contributed by atoms with Crippen LogP contribution in [0.1, 0.15) is 0 Å². The third-order valence-electron chi connectivity index (χ3n) is 2.32. The van der Waals surface area contributed by atoms with E-state index in [0.717, 1.165) is 6.07 Å². The van der Waals surface area contributed by atoms with Gasteiger partial charge in [0.05, 0.1) is 16.4 Å². The monoisotopic (exact) mass is 288 g/mol. The summed E-state index contributed by atoms with van der Waals surface area (Å²) < 4.78 is 26.7. The lowest BCUT2D eigenvalue weighted by molar-refractivity contribution is 0.512. The Labute approximate surface area is 112 Å². The Morgan fingerprint density at radius 2 is 1.78 bits per heavy atom. The van der Waals surface area contributed by atoms with Crippen LogP contribution in [0.5, 0.6) is 0 Å². The van der Waals surface area contributed by atoms with E-state index in [4.69, 9.17) is 28.9 Å². The quantitative estimate of drug-likeness (QED) is 0.793. The smallest absolute Gasteiger partial charge is 0.184 e. The predicted molar refractivity (Wildman–Crippen MR) is 70.5 cm³/mol. The summed E-state index contributed by atoms with van der Waals surface area (Å²) in [5.41, 5.74) is 5.84. The molecule has 0 atom stereocenters. The van der Waals surface area contributed by atoms with Crippen LogP contribution in [0.3, 0.4) is 0 Å². The first-order chi connectivity index (χ1) is 8.49. The fourth-order valence-corrected chi connectivity index (χ4v) is 1.76. The Bertz CT molecular complexity index is 603. The van der Waals surface area contributed by atoms with Crippen molar-refractivity contribution in [3.63, 3.8) is 0 Å². The van der Waals surface area contributed by atoms with Crippen LogP contribution in [0.4, 0.5) is 25.8 Å². The van der Waals surface area contributed by atoms with Crippen molar-refractivity contribution < 1.29 is 8.78 Å². The van der Waals surface area contributed by atoms with Crippen molar-refractivity contribution >= 4 is 40.3 Å². The average Bonchev–Trinajstić information content (AvgIpc) is 2.34. The lowest BCUT2D eigenvalue weighted by Gasteiger charge is -2.12. The molecule has 0 saturated carbocycles. The molecule has 18 heavy (non-hydrogen) atoms. The van der Waals surface area contributed by atoms with Crippen LogP contribution in [0.25, 0.3) is 0 Å². The molecule has 0 spiro atoms. The van der Waals surface area contributed by atoms with Crippen molar-refractivity contribution in [1.29, 1.82) is 0 Å². The van der Waals surface area contributed by atoms with E-state index < -0.39 is 11.6 Å². The van der Waals surface area contributed by atoms with Crippen molar-refractivity contribution in [3.8, 4) is 0 Å². The number of benzene rings is 2. The fourth-order valence-electron chi connectivity index (χ4n) is 1.42. The van der Waals surface area contributed by atoms with Gasteiger partial charge in [0.1, 0.15) is 5.69 Å².